The fraction of sp³-hybridized carbons (Fsp3) is 0.273. The van der Waals surface area contributed by atoms with Gasteiger partial charge < -0.3 is 0 Å². The molecule has 0 radical (unpaired) electrons. The van der Waals surface area contributed by atoms with Crippen molar-refractivity contribution in [2.75, 3.05) is 6.54 Å². The molecule has 0 saturated heterocycles. The average molecular weight is 250 g/mol. The molecule has 6 heteroatoms. The van der Waals surface area contributed by atoms with Crippen molar-refractivity contribution in [3.63, 3.8) is 0 Å². The fourth-order valence-electron chi connectivity index (χ4n) is 1.70. The van der Waals surface area contributed by atoms with Crippen molar-refractivity contribution >= 4 is 15.9 Å². The van der Waals surface area contributed by atoms with Gasteiger partial charge in [0.1, 0.15) is 4.90 Å². The van der Waals surface area contributed by atoms with E-state index < -0.39 is 21.8 Å². The number of nitrogens with zero attached hydrogens (tertiary/aromatic N) is 2. The zero-order valence-corrected chi connectivity index (χ0v) is 9.94. The summed E-state index contributed by atoms with van der Waals surface area (Å²) >= 11 is 0. The number of carbonyl (C=O) groups is 1. The summed E-state index contributed by atoms with van der Waals surface area (Å²) in [5, 5.41) is 8.69. The molecule has 0 aromatic heterocycles. The largest absolute Gasteiger partial charge is 0.269 e. The monoisotopic (exact) mass is 250 g/mol. The van der Waals surface area contributed by atoms with Gasteiger partial charge >= 0.3 is 0 Å². The van der Waals surface area contributed by atoms with E-state index in [0.717, 1.165) is 4.31 Å². The Morgan fingerprint density at radius 1 is 1.41 bits per heavy atom. The van der Waals surface area contributed by atoms with Crippen molar-refractivity contribution in [2.24, 2.45) is 5.92 Å². The summed E-state index contributed by atoms with van der Waals surface area (Å²) in [6.45, 7) is 1.47. The highest BCUT2D eigenvalue weighted by Gasteiger charge is 2.41. The van der Waals surface area contributed by atoms with E-state index in [9.17, 15) is 13.2 Å². The second-order valence-corrected chi connectivity index (χ2v) is 5.70. The molecule has 0 saturated carbocycles. The average Bonchev–Trinajstić information content (AvgIpc) is 2.51. The van der Waals surface area contributed by atoms with Gasteiger partial charge in [-0.05, 0) is 19.1 Å². The first-order chi connectivity index (χ1) is 7.98. The van der Waals surface area contributed by atoms with Gasteiger partial charge in [-0.25, -0.2) is 12.7 Å². The molecule has 1 unspecified atom stereocenters. The third-order valence-corrected chi connectivity index (χ3v) is 4.38. The van der Waals surface area contributed by atoms with Gasteiger partial charge in [-0.3, -0.25) is 4.79 Å². The molecule has 1 amide bonds. The van der Waals surface area contributed by atoms with E-state index in [2.05, 4.69) is 0 Å². The van der Waals surface area contributed by atoms with Crippen LogP contribution in [0.15, 0.2) is 29.2 Å². The van der Waals surface area contributed by atoms with E-state index in [-0.39, 0.29) is 17.0 Å². The molecule has 0 N–H and O–H groups in total. The Kier molecular flexibility index (Phi) is 2.63. The normalized spacial score (nSPS) is 18.6. The van der Waals surface area contributed by atoms with Crippen LogP contribution in [0.3, 0.4) is 0 Å². The number of hydrogen-bond acceptors (Lipinski definition) is 4. The lowest BCUT2D eigenvalue weighted by molar-refractivity contribution is 0.0865. The van der Waals surface area contributed by atoms with Gasteiger partial charge in [-0.15, -0.1) is 0 Å². The smallest absolute Gasteiger partial charge is 0.268 e. The van der Waals surface area contributed by atoms with Crippen LogP contribution in [0.4, 0.5) is 0 Å². The van der Waals surface area contributed by atoms with E-state index in [1.54, 1.807) is 19.1 Å². The summed E-state index contributed by atoms with van der Waals surface area (Å²) in [5.41, 5.74) is 0.178. The molecule has 1 aliphatic heterocycles. The number of nitriles is 1. The number of amides is 1. The van der Waals surface area contributed by atoms with Crippen LogP contribution >= 0.6 is 0 Å². The highest BCUT2D eigenvalue weighted by Crippen LogP contribution is 2.30. The molecule has 2 rings (SSSR count). The summed E-state index contributed by atoms with van der Waals surface area (Å²) < 4.78 is 24.9. The van der Waals surface area contributed by atoms with E-state index in [1.807, 2.05) is 6.07 Å². The number of benzene rings is 1. The Balaban J connectivity index is 2.49. The molecular weight excluding hydrogens is 240 g/mol. The van der Waals surface area contributed by atoms with Crippen LogP contribution in [0, 0.1) is 17.2 Å². The Hall–Kier alpha value is -1.87. The first-order valence-electron chi connectivity index (χ1n) is 5.04. The first-order valence-corrected chi connectivity index (χ1v) is 6.48. The Labute approximate surface area is 99.3 Å². The molecule has 1 heterocycles. The van der Waals surface area contributed by atoms with Gasteiger partial charge in [0, 0.05) is 0 Å². The minimum Gasteiger partial charge on any atom is -0.268 e. The molecule has 5 nitrogen and oxygen atoms in total. The van der Waals surface area contributed by atoms with Gasteiger partial charge in [0.05, 0.1) is 24.1 Å². The molecular formula is C11H10N2O3S. The summed E-state index contributed by atoms with van der Waals surface area (Å²) in [6.07, 6.45) is 0. The zero-order chi connectivity index (χ0) is 12.6. The van der Waals surface area contributed by atoms with E-state index in [4.69, 9.17) is 5.26 Å². The maximum absolute atomic E-state index is 12.0. The summed E-state index contributed by atoms with van der Waals surface area (Å²) in [6, 6.07) is 7.98. The zero-order valence-electron chi connectivity index (χ0n) is 9.12. The van der Waals surface area contributed by atoms with Gasteiger partial charge in [-0.2, -0.15) is 5.26 Å². The standard InChI is InChI=1S/C11H10N2O3S/c1-8(6-12)7-13-11(14)9-4-2-3-5-10(9)17(13,15)16/h2-5,8H,7H2,1H3. The molecule has 0 spiro atoms. The van der Waals surface area contributed by atoms with Crippen LogP contribution in [0.5, 0.6) is 0 Å². The molecule has 1 atom stereocenters. The molecule has 0 fully saturated rings. The van der Waals surface area contributed by atoms with Crippen LogP contribution in [-0.4, -0.2) is 25.2 Å². The highest BCUT2D eigenvalue weighted by atomic mass is 32.2. The van der Waals surface area contributed by atoms with E-state index >= 15 is 0 Å². The van der Waals surface area contributed by atoms with E-state index in [0.29, 0.717) is 0 Å². The van der Waals surface area contributed by atoms with Gasteiger partial charge in [0.25, 0.3) is 15.9 Å². The van der Waals surface area contributed by atoms with Crippen LogP contribution in [0.25, 0.3) is 0 Å². The molecule has 0 aliphatic carbocycles. The number of fused-ring (bicyclic) bond motifs is 1. The van der Waals surface area contributed by atoms with Crippen LogP contribution in [-0.2, 0) is 10.0 Å². The molecule has 1 aromatic carbocycles. The Morgan fingerprint density at radius 2 is 2.06 bits per heavy atom. The predicted molar refractivity (Wildman–Crippen MR) is 59.4 cm³/mol. The van der Waals surface area contributed by atoms with Crippen LogP contribution in [0.1, 0.15) is 17.3 Å². The third kappa shape index (κ3) is 1.68. The van der Waals surface area contributed by atoms with Crippen LogP contribution in [0.2, 0.25) is 0 Å². The van der Waals surface area contributed by atoms with E-state index in [1.165, 1.54) is 12.1 Å². The second kappa shape index (κ2) is 3.86. The summed E-state index contributed by atoms with van der Waals surface area (Å²) in [4.78, 5) is 11.9. The van der Waals surface area contributed by atoms with Crippen molar-refractivity contribution in [3.05, 3.63) is 29.8 Å². The summed E-state index contributed by atoms with van der Waals surface area (Å²) in [7, 11) is -3.77. The fourth-order valence-corrected chi connectivity index (χ4v) is 3.36. The number of rotatable bonds is 2. The lowest BCUT2D eigenvalue weighted by Gasteiger charge is -2.15. The summed E-state index contributed by atoms with van der Waals surface area (Å²) in [5.74, 6) is -1.08. The van der Waals surface area contributed by atoms with Crippen molar-refractivity contribution in [2.45, 2.75) is 11.8 Å². The van der Waals surface area contributed by atoms with Gasteiger partial charge in [0.2, 0.25) is 0 Å². The minimum atomic E-state index is -3.77. The van der Waals surface area contributed by atoms with Crippen molar-refractivity contribution in [3.8, 4) is 6.07 Å². The topological polar surface area (TPSA) is 78.2 Å². The molecule has 0 bridgehead atoms. The quantitative estimate of drug-likeness (QED) is 0.784. The lowest BCUT2D eigenvalue weighted by atomic mass is 10.2. The third-order valence-electron chi connectivity index (χ3n) is 2.57. The first kappa shape index (κ1) is 11.6. The maximum atomic E-state index is 12.0. The Bertz CT molecular complexity index is 616. The predicted octanol–water partition coefficient (Wildman–Crippen LogP) is 0.991. The Morgan fingerprint density at radius 3 is 2.65 bits per heavy atom. The number of hydrogen-bond donors (Lipinski definition) is 0. The molecule has 1 aromatic rings. The molecule has 1 aliphatic rings. The molecule has 88 valence electrons. The van der Waals surface area contributed by atoms with Gasteiger partial charge in [0.15, 0.2) is 0 Å². The maximum Gasteiger partial charge on any atom is 0.269 e. The van der Waals surface area contributed by atoms with Crippen molar-refractivity contribution in [1.29, 1.82) is 5.26 Å². The highest BCUT2D eigenvalue weighted by molar-refractivity contribution is 7.90. The number of carbonyl (C=O) groups excluding carboxylic acids is 1. The second-order valence-electron chi connectivity index (χ2n) is 3.87. The number of sulfonamides is 1. The van der Waals surface area contributed by atoms with Crippen molar-refractivity contribution < 1.29 is 13.2 Å². The minimum absolute atomic E-state index is 0.0233. The SMILES string of the molecule is CC(C#N)CN1C(=O)c2ccccc2S1(=O)=O. The van der Waals surface area contributed by atoms with Gasteiger partial charge in [-0.1, -0.05) is 12.1 Å². The van der Waals surface area contributed by atoms with Crippen LogP contribution < -0.4 is 0 Å². The van der Waals surface area contributed by atoms with Crippen molar-refractivity contribution in [1.82, 2.24) is 4.31 Å². The molecule has 17 heavy (non-hydrogen) atoms. The lowest BCUT2D eigenvalue weighted by Crippen LogP contribution is -2.33.